The summed E-state index contributed by atoms with van der Waals surface area (Å²) in [5.41, 5.74) is 0. The fourth-order valence-electron chi connectivity index (χ4n) is 9.46. The third-order valence-corrected chi connectivity index (χ3v) is 14.5. The van der Waals surface area contributed by atoms with Gasteiger partial charge in [0.2, 0.25) is 0 Å². The highest BCUT2D eigenvalue weighted by Gasteiger charge is 2.19. The molecule has 458 valence electrons. The Balaban J connectivity index is 4.18. The van der Waals surface area contributed by atoms with Gasteiger partial charge in [-0.2, -0.15) is 0 Å². The molecule has 0 spiro atoms. The minimum absolute atomic E-state index is 0.0989. The molecule has 0 aromatic rings. The average molecular weight is 1110 g/mol. The number of allylic oxidation sites excluding steroid dienone is 18. The van der Waals surface area contributed by atoms with Crippen LogP contribution < -0.4 is 0 Å². The van der Waals surface area contributed by atoms with Crippen LogP contribution in [0.3, 0.4) is 0 Å². The normalized spacial score (nSPS) is 12.8. The molecule has 0 aromatic carbocycles. The SMILES string of the molecule is CC/C=C\C/C=C\C/C=C\C/C=C\C/C=C\C/C=C\C/C=C\CCCC(=O)OC(COC(=O)CCCCCCCCCC)COC(=O)CCCCCCCCCCCCCCCCCCCCC/C=C\C/C=C\CCCCCCC. The number of carbonyl (C=O) groups excluding carboxylic acids is 3. The highest BCUT2D eigenvalue weighted by molar-refractivity contribution is 5.71. The van der Waals surface area contributed by atoms with Gasteiger partial charge in [0.1, 0.15) is 13.2 Å². The number of hydrogen-bond donors (Lipinski definition) is 0. The lowest BCUT2D eigenvalue weighted by Gasteiger charge is -2.18. The first-order chi connectivity index (χ1) is 39.5. The van der Waals surface area contributed by atoms with E-state index >= 15 is 0 Å². The van der Waals surface area contributed by atoms with Gasteiger partial charge >= 0.3 is 17.9 Å². The van der Waals surface area contributed by atoms with Crippen molar-refractivity contribution in [2.24, 2.45) is 0 Å². The molecule has 6 heteroatoms. The topological polar surface area (TPSA) is 78.9 Å². The van der Waals surface area contributed by atoms with Crippen LogP contribution in [-0.2, 0) is 28.6 Å². The molecule has 0 aliphatic heterocycles. The molecule has 0 heterocycles. The zero-order valence-electron chi connectivity index (χ0n) is 52.6. The van der Waals surface area contributed by atoms with Crippen molar-refractivity contribution in [3.8, 4) is 0 Å². The van der Waals surface area contributed by atoms with Crippen molar-refractivity contribution in [2.75, 3.05) is 13.2 Å². The number of esters is 3. The molecule has 0 radical (unpaired) electrons. The lowest BCUT2D eigenvalue weighted by molar-refractivity contribution is -0.167. The van der Waals surface area contributed by atoms with Gasteiger partial charge in [0, 0.05) is 19.3 Å². The molecule has 0 N–H and O–H groups in total. The average Bonchev–Trinajstić information content (AvgIpc) is 3.46. The molecule has 0 aliphatic carbocycles. The van der Waals surface area contributed by atoms with Crippen molar-refractivity contribution < 1.29 is 28.6 Å². The Morgan fingerprint density at radius 1 is 0.263 bits per heavy atom. The molecule has 80 heavy (non-hydrogen) atoms. The van der Waals surface area contributed by atoms with Crippen LogP contribution in [0.1, 0.15) is 323 Å². The third-order valence-electron chi connectivity index (χ3n) is 14.5. The number of hydrogen-bond acceptors (Lipinski definition) is 6. The van der Waals surface area contributed by atoms with E-state index in [-0.39, 0.29) is 37.5 Å². The Bertz CT molecular complexity index is 1610. The van der Waals surface area contributed by atoms with Crippen LogP contribution in [0.15, 0.2) is 109 Å². The first-order valence-corrected chi connectivity index (χ1v) is 33.9. The first-order valence-electron chi connectivity index (χ1n) is 33.9. The van der Waals surface area contributed by atoms with Crippen molar-refractivity contribution in [1.29, 1.82) is 0 Å². The molecule has 6 nitrogen and oxygen atoms in total. The molecule has 0 saturated carbocycles. The summed E-state index contributed by atoms with van der Waals surface area (Å²) in [5.74, 6) is -0.955. The molecule has 0 saturated heterocycles. The zero-order chi connectivity index (χ0) is 57.8. The summed E-state index contributed by atoms with van der Waals surface area (Å²) in [6, 6.07) is 0. The second-order valence-corrected chi connectivity index (χ2v) is 22.4. The van der Waals surface area contributed by atoms with Gasteiger partial charge in [0.05, 0.1) is 0 Å². The van der Waals surface area contributed by atoms with Crippen LogP contribution >= 0.6 is 0 Å². The van der Waals surface area contributed by atoms with Crippen LogP contribution in [-0.4, -0.2) is 37.2 Å². The monoisotopic (exact) mass is 1110 g/mol. The Morgan fingerprint density at radius 3 is 0.800 bits per heavy atom. The summed E-state index contributed by atoms with van der Waals surface area (Å²) in [5, 5.41) is 0. The van der Waals surface area contributed by atoms with Gasteiger partial charge in [-0.3, -0.25) is 14.4 Å². The van der Waals surface area contributed by atoms with Crippen LogP contribution in [0.25, 0.3) is 0 Å². The molecular weight excluding hydrogens is 985 g/mol. The van der Waals surface area contributed by atoms with Crippen molar-refractivity contribution in [3.63, 3.8) is 0 Å². The molecule has 0 amide bonds. The van der Waals surface area contributed by atoms with Gasteiger partial charge in [-0.05, 0) is 103 Å². The van der Waals surface area contributed by atoms with Gasteiger partial charge in [0.15, 0.2) is 6.10 Å². The van der Waals surface area contributed by atoms with E-state index in [1.807, 2.05) is 0 Å². The summed E-state index contributed by atoms with van der Waals surface area (Å²) >= 11 is 0. The van der Waals surface area contributed by atoms with Crippen LogP contribution in [0.4, 0.5) is 0 Å². The van der Waals surface area contributed by atoms with Gasteiger partial charge in [-0.1, -0.05) is 310 Å². The fraction of sp³-hybridized carbons (Fsp3) is 0.716. The van der Waals surface area contributed by atoms with E-state index in [1.165, 1.54) is 180 Å². The minimum atomic E-state index is -0.807. The lowest BCUT2D eigenvalue weighted by atomic mass is 10.0. The van der Waals surface area contributed by atoms with E-state index in [0.717, 1.165) is 96.3 Å². The lowest BCUT2D eigenvalue weighted by Crippen LogP contribution is -2.30. The molecule has 0 bridgehead atoms. The summed E-state index contributed by atoms with van der Waals surface area (Å²) in [4.78, 5) is 38.2. The van der Waals surface area contributed by atoms with Gasteiger partial charge in [0.25, 0.3) is 0 Å². The van der Waals surface area contributed by atoms with Crippen molar-refractivity contribution in [1.82, 2.24) is 0 Å². The molecule has 1 atom stereocenters. The van der Waals surface area contributed by atoms with Gasteiger partial charge in [-0.15, -0.1) is 0 Å². The zero-order valence-corrected chi connectivity index (χ0v) is 52.6. The van der Waals surface area contributed by atoms with E-state index in [2.05, 4.69) is 130 Å². The molecule has 0 fully saturated rings. The highest BCUT2D eigenvalue weighted by atomic mass is 16.6. The maximum absolute atomic E-state index is 12.9. The maximum Gasteiger partial charge on any atom is 0.306 e. The summed E-state index contributed by atoms with van der Waals surface area (Å²) in [6.07, 6.45) is 92.9. The molecule has 0 aliphatic rings. The Hall–Kier alpha value is -3.93. The third kappa shape index (κ3) is 64.9. The quantitative estimate of drug-likeness (QED) is 0.0261. The molecule has 0 rings (SSSR count). The number of carbonyl (C=O) groups is 3. The highest BCUT2D eigenvalue weighted by Crippen LogP contribution is 2.17. The van der Waals surface area contributed by atoms with Crippen LogP contribution in [0.5, 0.6) is 0 Å². The summed E-state index contributed by atoms with van der Waals surface area (Å²) in [7, 11) is 0. The molecule has 0 aromatic heterocycles. The van der Waals surface area contributed by atoms with E-state index in [1.54, 1.807) is 0 Å². The van der Waals surface area contributed by atoms with Gasteiger partial charge in [-0.25, -0.2) is 0 Å². The number of unbranched alkanes of at least 4 members (excludes halogenated alkanes) is 32. The smallest absolute Gasteiger partial charge is 0.306 e. The van der Waals surface area contributed by atoms with E-state index in [0.29, 0.717) is 19.3 Å². The van der Waals surface area contributed by atoms with Crippen LogP contribution in [0.2, 0.25) is 0 Å². The second-order valence-electron chi connectivity index (χ2n) is 22.4. The van der Waals surface area contributed by atoms with Crippen molar-refractivity contribution in [2.45, 2.75) is 329 Å². The Labute approximate surface area is 495 Å². The summed E-state index contributed by atoms with van der Waals surface area (Å²) in [6.45, 7) is 6.46. The van der Waals surface area contributed by atoms with Crippen molar-refractivity contribution in [3.05, 3.63) is 109 Å². The molecule has 1 unspecified atom stereocenters. The largest absolute Gasteiger partial charge is 0.462 e. The van der Waals surface area contributed by atoms with E-state index in [4.69, 9.17) is 14.2 Å². The van der Waals surface area contributed by atoms with Crippen LogP contribution in [0, 0.1) is 0 Å². The fourth-order valence-corrected chi connectivity index (χ4v) is 9.46. The standard InChI is InChI=1S/C74H126O6/c1-4-7-10-13-16-19-21-23-25-27-29-31-33-34-35-36-37-38-39-40-42-43-45-47-49-51-53-55-58-61-64-67-73(76)79-70-71(69-78-72(75)66-63-60-57-18-15-12-9-6-3)80-74(77)68-65-62-59-56-54-52-50-48-46-44-41-32-30-28-26-24-22-20-17-14-11-8-5-2/h8,11,17,20-21,23-24,26-27,29-30,32,44,46,50,52,56,59,71H,4-7,9-10,12-16,18-19,22,25,28,31,33-43,45,47-49,51,53-55,57-58,60-70H2,1-3H3/b11-8-,20-17-,23-21-,26-24-,29-27-,32-30-,46-44-,52-50-,59-56-. The number of ether oxygens (including phenoxy) is 3. The van der Waals surface area contributed by atoms with Gasteiger partial charge < -0.3 is 14.2 Å². The second kappa shape index (κ2) is 67.6. The Kier molecular flexibility index (Phi) is 64.3. The van der Waals surface area contributed by atoms with E-state index < -0.39 is 6.10 Å². The van der Waals surface area contributed by atoms with Crippen molar-refractivity contribution >= 4 is 17.9 Å². The maximum atomic E-state index is 12.9. The number of rotatable bonds is 61. The Morgan fingerprint density at radius 2 is 0.500 bits per heavy atom. The first kappa shape index (κ1) is 76.1. The van der Waals surface area contributed by atoms with E-state index in [9.17, 15) is 14.4 Å². The predicted molar refractivity (Wildman–Crippen MR) is 348 cm³/mol. The summed E-state index contributed by atoms with van der Waals surface area (Å²) < 4.78 is 16.8. The molecular formula is C74H126O6. The predicted octanol–water partition coefficient (Wildman–Crippen LogP) is 23.4. The minimum Gasteiger partial charge on any atom is -0.462 e.